The number of nitrogens with zero attached hydrogens (tertiary/aromatic N) is 1. The number of aliphatic hydroxyl groups excluding tert-OH is 1. The van der Waals surface area contributed by atoms with Crippen molar-refractivity contribution in [3.8, 4) is 0 Å². The maximum Gasteiger partial charge on any atom is 0.124 e. The van der Waals surface area contributed by atoms with Gasteiger partial charge in [0.2, 0.25) is 0 Å². The summed E-state index contributed by atoms with van der Waals surface area (Å²) in [6, 6.07) is 8.66. The first-order valence-corrected chi connectivity index (χ1v) is 6.56. The minimum Gasteiger partial charge on any atom is -0.393 e. The lowest BCUT2D eigenvalue weighted by molar-refractivity contribution is 0.126. The molecule has 0 amide bonds. The van der Waals surface area contributed by atoms with Crippen LogP contribution in [-0.4, -0.2) is 29.1 Å². The van der Waals surface area contributed by atoms with Crippen molar-refractivity contribution in [3.05, 3.63) is 29.8 Å². The average Bonchev–Trinajstić information content (AvgIpc) is 2.61. The fourth-order valence-corrected chi connectivity index (χ4v) is 3.47. The molecule has 2 atom stereocenters. The zero-order chi connectivity index (χ0) is 12.7. The van der Waals surface area contributed by atoms with Crippen LogP contribution in [0.3, 0.4) is 0 Å². The molecule has 4 nitrogen and oxygen atoms in total. The minimum absolute atomic E-state index is 0.121. The molecule has 2 unspecified atom stereocenters. The number of hydrogen-bond acceptors (Lipinski definition) is 3. The summed E-state index contributed by atoms with van der Waals surface area (Å²) < 4.78 is 0. The Labute approximate surface area is 107 Å². The Morgan fingerprint density at radius 2 is 1.83 bits per heavy atom. The molecule has 0 radical (unpaired) electrons. The third kappa shape index (κ3) is 1.77. The summed E-state index contributed by atoms with van der Waals surface area (Å²) in [5.74, 6) is 0.121. The number of para-hydroxylation sites is 1. The fourth-order valence-electron chi connectivity index (χ4n) is 3.47. The van der Waals surface area contributed by atoms with Crippen molar-refractivity contribution in [1.29, 1.82) is 5.41 Å². The molecule has 18 heavy (non-hydrogen) atoms. The summed E-state index contributed by atoms with van der Waals surface area (Å²) in [7, 11) is 0. The van der Waals surface area contributed by atoms with Crippen molar-refractivity contribution >= 4 is 11.5 Å². The predicted octanol–water partition coefficient (Wildman–Crippen LogP) is 1.46. The Kier molecular flexibility index (Phi) is 2.74. The van der Waals surface area contributed by atoms with Gasteiger partial charge in [-0.15, -0.1) is 0 Å². The molecule has 4 heteroatoms. The van der Waals surface area contributed by atoms with Crippen LogP contribution in [0.25, 0.3) is 0 Å². The molecule has 1 aromatic rings. The minimum atomic E-state index is -0.164. The van der Waals surface area contributed by atoms with E-state index in [0.717, 1.165) is 36.9 Å². The summed E-state index contributed by atoms with van der Waals surface area (Å²) >= 11 is 0. The molecule has 0 aliphatic carbocycles. The van der Waals surface area contributed by atoms with Crippen LogP contribution in [0.2, 0.25) is 0 Å². The van der Waals surface area contributed by atoms with E-state index >= 15 is 0 Å². The van der Waals surface area contributed by atoms with Crippen LogP contribution in [0.5, 0.6) is 0 Å². The Morgan fingerprint density at radius 3 is 2.44 bits per heavy atom. The standard InChI is InChI=1S/C14H19N3O/c15-14(16)12-3-1-2-4-13(12)17-9-5-6-10(17)8-11(18)7-9/h1-4,9-11,18H,5-8H2,(H3,15,16). The first kappa shape index (κ1) is 11.5. The molecule has 2 bridgehead atoms. The van der Waals surface area contributed by atoms with Crippen molar-refractivity contribution in [1.82, 2.24) is 0 Å². The van der Waals surface area contributed by atoms with E-state index < -0.39 is 0 Å². The number of anilines is 1. The van der Waals surface area contributed by atoms with Gasteiger partial charge in [-0.25, -0.2) is 0 Å². The van der Waals surface area contributed by atoms with E-state index in [9.17, 15) is 5.11 Å². The monoisotopic (exact) mass is 245 g/mol. The topological polar surface area (TPSA) is 73.3 Å². The molecule has 96 valence electrons. The third-order valence-corrected chi connectivity index (χ3v) is 4.18. The van der Waals surface area contributed by atoms with Crippen LogP contribution >= 0.6 is 0 Å². The van der Waals surface area contributed by atoms with Crippen LogP contribution < -0.4 is 10.6 Å². The summed E-state index contributed by atoms with van der Waals surface area (Å²) in [6.07, 6.45) is 3.77. The van der Waals surface area contributed by atoms with E-state index in [1.54, 1.807) is 0 Å². The molecule has 2 aliphatic heterocycles. The number of nitrogens with one attached hydrogen (secondary N) is 1. The number of benzene rings is 1. The fraction of sp³-hybridized carbons (Fsp3) is 0.500. The summed E-state index contributed by atoms with van der Waals surface area (Å²) in [4.78, 5) is 2.38. The maximum absolute atomic E-state index is 9.84. The molecule has 2 aliphatic rings. The van der Waals surface area contributed by atoms with E-state index in [1.165, 1.54) is 0 Å². The van der Waals surface area contributed by atoms with Crippen molar-refractivity contribution in [2.24, 2.45) is 5.73 Å². The largest absolute Gasteiger partial charge is 0.393 e. The van der Waals surface area contributed by atoms with Gasteiger partial charge in [0.05, 0.1) is 6.10 Å². The van der Waals surface area contributed by atoms with Crippen molar-refractivity contribution in [2.75, 3.05) is 4.90 Å². The lowest BCUT2D eigenvalue weighted by Gasteiger charge is -2.39. The number of rotatable bonds is 2. The quantitative estimate of drug-likeness (QED) is 0.545. The number of nitrogens with two attached hydrogens (primary N) is 1. The Hall–Kier alpha value is -1.55. The van der Waals surface area contributed by atoms with E-state index in [4.69, 9.17) is 11.1 Å². The Balaban J connectivity index is 1.99. The summed E-state index contributed by atoms with van der Waals surface area (Å²) in [5.41, 5.74) is 7.54. The van der Waals surface area contributed by atoms with Crippen LogP contribution in [0, 0.1) is 5.41 Å². The van der Waals surface area contributed by atoms with E-state index in [-0.39, 0.29) is 11.9 Å². The first-order chi connectivity index (χ1) is 8.66. The van der Waals surface area contributed by atoms with Gasteiger partial charge in [0.25, 0.3) is 0 Å². The predicted molar refractivity (Wildman–Crippen MR) is 72.0 cm³/mol. The van der Waals surface area contributed by atoms with Gasteiger partial charge < -0.3 is 15.7 Å². The lowest BCUT2D eigenvalue weighted by atomic mass is 9.97. The van der Waals surface area contributed by atoms with Gasteiger partial charge in [-0.05, 0) is 37.8 Å². The van der Waals surface area contributed by atoms with E-state index in [1.807, 2.05) is 24.3 Å². The number of nitrogen functional groups attached to an aromatic ring is 1. The molecule has 0 saturated carbocycles. The molecule has 2 heterocycles. The maximum atomic E-state index is 9.84. The molecule has 1 aromatic carbocycles. The van der Waals surface area contributed by atoms with Crippen molar-refractivity contribution in [3.63, 3.8) is 0 Å². The molecule has 0 spiro atoms. The van der Waals surface area contributed by atoms with Gasteiger partial charge >= 0.3 is 0 Å². The highest BCUT2D eigenvalue weighted by atomic mass is 16.3. The molecular formula is C14H19N3O. The highest BCUT2D eigenvalue weighted by molar-refractivity contribution is 6.00. The third-order valence-electron chi connectivity index (χ3n) is 4.18. The highest BCUT2D eigenvalue weighted by Crippen LogP contribution is 2.40. The van der Waals surface area contributed by atoms with Gasteiger partial charge in [-0.3, -0.25) is 5.41 Å². The van der Waals surface area contributed by atoms with Gasteiger partial charge in [0.1, 0.15) is 5.84 Å². The van der Waals surface area contributed by atoms with E-state index in [2.05, 4.69) is 4.90 Å². The molecular weight excluding hydrogens is 226 g/mol. The summed E-state index contributed by atoms with van der Waals surface area (Å²) in [6.45, 7) is 0. The van der Waals surface area contributed by atoms with Gasteiger partial charge in [0.15, 0.2) is 0 Å². The van der Waals surface area contributed by atoms with Crippen molar-refractivity contribution in [2.45, 2.75) is 43.9 Å². The number of hydrogen-bond donors (Lipinski definition) is 3. The number of aliphatic hydroxyl groups is 1. The number of amidine groups is 1. The number of fused-ring (bicyclic) bond motifs is 2. The Bertz CT molecular complexity index is 460. The molecule has 3 rings (SSSR count). The molecule has 2 fully saturated rings. The molecule has 0 aromatic heterocycles. The smallest absolute Gasteiger partial charge is 0.124 e. The van der Waals surface area contributed by atoms with Gasteiger partial charge in [-0.2, -0.15) is 0 Å². The molecule has 2 saturated heterocycles. The van der Waals surface area contributed by atoms with E-state index in [0.29, 0.717) is 12.1 Å². The first-order valence-electron chi connectivity index (χ1n) is 6.56. The molecule has 4 N–H and O–H groups in total. The second kappa shape index (κ2) is 4.28. The van der Waals surface area contributed by atoms with Crippen LogP contribution in [0.15, 0.2) is 24.3 Å². The Morgan fingerprint density at radius 1 is 1.22 bits per heavy atom. The van der Waals surface area contributed by atoms with Crippen LogP contribution in [0.1, 0.15) is 31.2 Å². The second-order valence-electron chi connectivity index (χ2n) is 5.35. The van der Waals surface area contributed by atoms with Gasteiger partial charge in [-0.1, -0.05) is 12.1 Å². The van der Waals surface area contributed by atoms with Crippen molar-refractivity contribution < 1.29 is 5.11 Å². The van der Waals surface area contributed by atoms with Gasteiger partial charge in [0, 0.05) is 23.3 Å². The summed E-state index contributed by atoms with van der Waals surface area (Å²) in [5, 5.41) is 17.5. The lowest BCUT2D eigenvalue weighted by Crippen LogP contribution is -2.45. The van der Waals surface area contributed by atoms with Crippen LogP contribution in [0.4, 0.5) is 5.69 Å². The zero-order valence-corrected chi connectivity index (χ0v) is 10.3. The average molecular weight is 245 g/mol. The number of piperidine rings is 1. The zero-order valence-electron chi connectivity index (χ0n) is 10.3. The normalized spacial score (nSPS) is 30.5. The SMILES string of the molecule is N=C(N)c1ccccc1N1C2CCC1CC(O)C2. The van der Waals surface area contributed by atoms with Crippen LogP contribution in [-0.2, 0) is 0 Å². The second-order valence-corrected chi connectivity index (χ2v) is 5.35. The highest BCUT2D eigenvalue weighted by Gasteiger charge is 2.40.